The molecule has 0 fully saturated rings. The summed E-state index contributed by atoms with van der Waals surface area (Å²) in [5.74, 6) is 6.40. The summed E-state index contributed by atoms with van der Waals surface area (Å²) in [6.07, 6.45) is 1.00. The van der Waals surface area contributed by atoms with Crippen LogP contribution in [-0.4, -0.2) is 24.7 Å². The molecule has 0 aliphatic rings. The lowest BCUT2D eigenvalue weighted by Crippen LogP contribution is -2.12. The molecule has 86 valence electrons. The highest BCUT2D eigenvalue weighted by Gasteiger charge is 2.13. The van der Waals surface area contributed by atoms with Crippen LogP contribution in [0.4, 0.5) is 0 Å². The zero-order valence-corrected chi connectivity index (χ0v) is 10.1. The molecule has 3 N–H and O–H groups in total. The molecule has 0 bridgehead atoms. The fourth-order valence-electron chi connectivity index (χ4n) is 1.59. The molecule has 0 aliphatic heterocycles. The molecule has 7 heteroatoms. The van der Waals surface area contributed by atoms with Gasteiger partial charge in [0, 0.05) is 6.54 Å². The van der Waals surface area contributed by atoms with Gasteiger partial charge >= 0.3 is 0 Å². The van der Waals surface area contributed by atoms with E-state index in [4.69, 9.17) is 18.1 Å². The van der Waals surface area contributed by atoms with Crippen LogP contribution >= 0.6 is 12.2 Å². The van der Waals surface area contributed by atoms with Crippen molar-refractivity contribution in [3.05, 3.63) is 16.5 Å². The lowest BCUT2D eigenvalue weighted by molar-refractivity contribution is 0.601. The number of rotatable bonds is 3. The Morgan fingerprint density at radius 1 is 1.56 bits per heavy atom. The predicted molar refractivity (Wildman–Crippen MR) is 63.8 cm³/mol. The van der Waals surface area contributed by atoms with Crippen molar-refractivity contribution in [3.8, 4) is 11.5 Å². The average molecular weight is 238 g/mol. The van der Waals surface area contributed by atoms with Crippen LogP contribution in [0.3, 0.4) is 0 Å². The molecule has 0 unspecified atom stereocenters. The fourth-order valence-corrected chi connectivity index (χ4v) is 1.73. The van der Waals surface area contributed by atoms with E-state index in [2.05, 4.69) is 22.2 Å². The maximum absolute atomic E-state index is 5.79. The Morgan fingerprint density at radius 3 is 2.88 bits per heavy atom. The first-order valence-corrected chi connectivity index (χ1v) is 5.51. The van der Waals surface area contributed by atoms with E-state index in [-0.39, 0.29) is 0 Å². The van der Waals surface area contributed by atoms with Gasteiger partial charge in [-0.2, -0.15) is 10.2 Å². The van der Waals surface area contributed by atoms with Gasteiger partial charge in [0.25, 0.3) is 0 Å². The summed E-state index contributed by atoms with van der Waals surface area (Å²) < 4.78 is 3.65. The fraction of sp³-hybridized carbons (Fsp3) is 0.444. The Balaban J connectivity index is 2.54. The second kappa shape index (κ2) is 4.09. The summed E-state index contributed by atoms with van der Waals surface area (Å²) in [5.41, 5.74) is 1.83. The van der Waals surface area contributed by atoms with Gasteiger partial charge in [-0.15, -0.1) is 0 Å². The van der Waals surface area contributed by atoms with E-state index >= 15 is 0 Å². The highest BCUT2D eigenvalue weighted by molar-refractivity contribution is 7.71. The highest BCUT2D eigenvalue weighted by Crippen LogP contribution is 2.17. The molecule has 2 rings (SSSR count). The normalized spacial score (nSPS) is 10.9. The lowest BCUT2D eigenvalue weighted by Gasteiger charge is -2.04. The zero-order valence-electron chi connectivity index (χ0n) is 9.27. The molecule has 6 nitrogen and oxygen atoms in total. The minimum Gasteiger partial charge on any atom is -0.335 e. The van der Waals surface area contributed by atoms with Gasteiger partial charge in [-0.1, -0.05) is 6.92 Å². The molecule has 0 spiro atoms. The standard InChI is InChI=1S/C9H14N6S/c1-3-4-14-7(5-6(2)13-14)8-11-12-9(16)15(8)10/h5H,3-4,10H2,1-2H3,(H,12,16). The van der Waals surface area contributed by atoms with Gasteiger partial charge in [0.2, 0.25) is 4.77 Å². The first-order chi connectivity index (χ1) is 7.63. The summed E-state index contributed by atoms with van der Waals surface area (Å²) in [5, 5.41) is 11.2. The molecule has 0 saturated heterocycles. The Bertz CT molecular complexity index is 549. The Hall–Kier alpha value is -1.63. The van der Waals surface area contributed by atoms with Crippen molar-refractivity contribution in [2.24, 2.45) is 0 Å². The number of H-pyrrole nitrogens is 1. The van der Waals surface area contributed by atoms with Crippen molar-refractivity contribution < 1.29 is 0 Å². The quantitative estimate of drug-likeness (QED) is 0.623. The van der Waals surface area contributed by atoms with Crippen LogP contribution in [-0.2, 0) is 6.54 Å². The van der Waals surface area contributed by atoms with Crippen LogP contribution in [0.5, 0.6) is 0 Å². The van der Waals surface area contributed by atoms with Gasteiger partial charge in [-0.3, -0.25) is 4.68 Å². The monoisotopic (exact) mass is 238 g/mol. The van der Waals surface area contributed by atoms with Crippen LogP contribution in [0.15, 0.2) is 6.07 Å². The van der Waals surface area contributed by atoms with Crippen molar-refractivity contribution in [2.45, 2.75) is 26.8 Å². The van der Waals surface area contributed by atoms with E-state index in [1.54, 1.807) is 0 Å². The van der Waals surface area contributed by atoms with E-state index in [0.717, 1.165) is 24.4 Å². The number of aryl methyl sites for hydroxylation is 2. The molecule has 0 amide bonds. The van der Waals surface area contributed by atoms with E-state index < -0.39 is 0 Å². The van der Waals surface area contributed by atoms with Crippen molar-refractivity contribution in [1.29, 1.82) is 0 Å². The average Bonchev–Trinajstić information content (AvgIpc) is 2.74. The van der Waals surface area contributed by atoms with Crippen molar-refractivity contribution >= 4 is 12.2 Å². The third-order valence-corrected chi connectivity index (χ3v) is 2.56. The number of nitrogen functional groups attached to an aromatic ring is 1. The molecule has 2 aromatic rings. The van der Waals surface area contributed by atoms with E-state index in [9.17, 15) is 0 Å². The Morgan fingerprint density at radius 2 is 2.31 bits per heavy atom. The minimum absolute atomic E-state index is 0.400. The van der Waals surface area contributed by atoms with E-state index in [1.807, 2.05) is 17.7 Å². The van der Waals surface area contributed by atoms with Gasteiger partial charge in [-0.25, -0.2) is 9.77 Å². The van der Waals surface area contributed by atoms with Crippen LogP contribution in [0.2, 0.25) is 0 Å². The topological polar surface area (TPSA) is 77.5 Å². The van der Waals surface area contributed by atoms with Gasteiger partial charge < -0.3 is 5.84 Å². The highest BCUT2D eigenvalue weighted by atomic mass is 32.1. The molecule has 2 aromatic heterocycles. The molecule has 0 aromatic carbocycles. The molecule has 0 aliphatic carbocycles. The Labute approximate surface area is 98.1 Å². The molecular formula is C9H14N6S. The van der Waals surface area contributed by atoms with Crippen molar-refractivity contribution in [3.63, 3.8) is 0 Å². The van der Waals surface area contributed by atoms with Crippen LogP contribution in [0, 0.1) is 11.7 Å². The summed E-state index contributed by atoms with van der Waals surface area (Å²) in [7, 11) is 0. The van der Waals surface area contributed by atoms with Gasteiger partial charge in [0.15, 0.2) is 5.82 Å². The summed E-state index contributed by atoms with van der Waals surface area (Å²) in [4.78, 5) is 0. The third kappa shape index (κ3) is 1.73. The molecule has 0 atom stereocenters. The first kappa shape index (κ1) is 10.9. The van der Waals surface area contributed by atoms with Crippen LogP contribution in [0.1, 0.15) is 19.0 Å². The van der Waals surface area contributed by atoms with Crippen LogP contribution in [0.25, 0.3) is 11.5 Å². The summed E-state index contributed by atoms with van der Waals surface area (Å²) >= 11 is 4.98. The molecule has 0 radical (unpaired) electrons. The van der Waals surface area contributed by atoms with E-state index in [0.29, 0.717) is 10.6 Å². The number of nitrogens with zero attached hydrogens (tertiary/aromatic N) is 4. The maximum atomic E-state index is 5.79. The smallest absolute Gasteiger partial charge is 0.214 e. The summed E-state index contributed by atoms with van der Waals surface area (Å²) in [6, 6.07) is 1.95. The van der Waals surface area contributed by atoms with E-state index in [1.165, 1.54) is 4.68 Å². The van der Waals surface area contributed by atoms with Crippen LogP contribution < -0.4 is 5.84 Å². The van der Waals surface area contributed by atoms with Gasteiger partial charge in [0.05, 0.1) is 5.69 Å². The molecule has 2 heterocycles. The van der Waals surface area contributed by atoms with Gasteiger partial charge in [0.1, 0.15) is 5.69 Å². The molecule has 0 saturated carbocycles. The second-order valence-corrected chi connectivity index (χ2v) is 4.00. The molecule has 16 heavy (non-hydrogen) atoms. The minimum atomic E-state index is 0.400. The third-order valence-electron chi connectivity index (χ3n) is 2.27. The number of hydrogen-bond acceptors (Lipinski definition) is 4. The number of aromatic amines is 1. The number of aromatic nitrogens is 5. The Kier molecular flexibility index (Phi) is 2.78. The largest absolute Gasteiger partial charge is 0.335 e. The predicted octanol–water partition coefficient (Wildman–Crippen LogP) is 1.24. The SMILES string of the molecule is CCCn1nc(C)cc1-c1n[nH]c(=S)n1N. The number of nitrogens with two attached hydrogens (primary N) is 1. The van der Waals surface area contributed by atoms with Crippen molar-refractivity contribution in [1.82, 2.24) is 24.7 Å². The van der Waals surface area contributed by atoms with Crippen molar-refractivity contribution in [2.75, 3.05) is 5.84 Å². The number of nitrogens with one attached hydrogen (secondary N) is 1. The maximum Gasteiger partial charge on any atom is 0.214 e. The molecular weight excluding hydrogens is 224 g/mol. The van der Waals surface area contributed by atoms with Gasteiger partial charge in [-0.05, 0) is 31.6 Å². The zero-order chi connectivity index (χ0) is 11.7. The number of hydrogen-bond donors (Lipinski definition) is 2. The summed E-state index contributed by atoms with van der Waals surface area (Å²) in [6.45, 7) is 4.88. The first-order valence-electron chi connectivity index (χ1n) is 5.10. The second-order valence-electron chi connectivity index (χ2n) is 3.62. The lowest BCUT2D eigenvalue weighted by atomic mass is 10.3.